The summed E-state index contributed by atoms with van der Waals surface area (Å²) in [6, 6.07) is 3.57. The maximum absolute atomic E-state index is 9.49. The normalized spacial score (nSPS) is 20.0. The van der Waals surface area contributed by atoms with Crippen LogP contribution in [-0.2, 0) is 6.42 Å². The Morgan fingerprint density at radius 3 is 3.00 bits per heavy atom. The lowest BCUT2D eigenvalue weighted by molar-refractivity contribution is 0.0976. The average molecular weight is 194 g/mol. The van der Waals surface area contributed by atoms with Gasteiger partial charge in [0.25, 0.3) is 0 Å². The zero-order chi connectivity index (χ0) is 10.1. The van der Waals surface area contributed by atoms with Crippen molar-refractivity contribution in [3.63, 3.8) is 0 Å². The average Bonchev–Trinajstić information content (AvgIpc) is 2.19. The molecule has 0 fully saturated rings. The van der Waals surface area contributed by atoms with Gasteiger partial charge < -0.3 is 14.9 Å². The zero-order valence-electron chi connectivity index (χ0n) is 8.16. The Morgan fingerprint density at radius 2 is 2.29 bits per heavy atom. The molecule has 76 valence electrons. The van der Waals surface area contributed by atoms with Gasteiger partial charge in [-0.25, -0.2) is 0 Å². The van der Waals surface area contributed by atoms with Crippen molar-refractivity contribution in [3.05, 3.63) is 23.3 Å². The number of phenolic OH excluding ortho intramolecular Hbond substituents is 1. The molecular weight excluding hydrogens is 180 g/mol. The molecule has 0 amide bonds. The number of aliphatic hydroxyl groups is 1. The predicted octanol–water partition coefficient (Wildman–Crippen LogP) is 1.39. The third-order valence-electron chi connectivity index (χ3n) is 2.61. The summed E-state index contributed by atoms with van der Waals surface area (Å²) in [7, 11) is 0. The molecule has 1 aliphatic heterocycles. The summed E-state index contributed by atoms with van der Waals surface area (Å²) in [5.41, 5.74) is 1.83. The monoisotopic (exact) mass is 194 g/mol. The standard InChI is InChI=1S/C11H14O3/c1-7-4-11-8(5-10(7)13)2-3-9(6-12)14-11/h4-5,9,12-13H,2-3,6H2,1H3. The number of phenols is 1. The minimum absolute atomic E-state index is 0.0549. The molecule has 1 aromatic carbocycles. The van der Waals surface area contributed by atoms with E-state index in [2.05, 4.69) is 0 Å². The van der Waals surface area contributed by atoms with Crippen LogP contribution >= 0.6 is 0 Å². The van der Waals surface area contributed by atoms with Crippen molar-refractivity contribution in [2.75, 3.05) is 6.61 Å². The van der Waals surface area contributed by atoms with Crippen LogP contribution in [0.25, 0.3) is 0 Å². The molecule has 3 nitrogen and oxygen atoms in total. The van der Waals surface area contributed by atoms with Crippen LogP contribution in [0.15, 0.2) is 12.1 Å². The number of aliphatic hydroxyl groups excluding tert-OH is 1. The first kappa shape index (κ1) is 9.34. The van der Waals surface area contributed by atoms with Crippen molar-refractivity contribution in [3.8, 4) is 11.5 Å². The summed E-state index contributed by atoms with van der Waals surface area (Å²) >= 11 is 0. The van der Waals surface area contributed by atoms with Crippen LogP contribution in [0.5, 0.6) is 11.5 Å². The first-order valence-electron chi connectivity index (χ1n) is 4.80. The maximum Gasteiger partial charge on any atom is 0.123 e. The number of benzene rings is 1. The van der Waals surface area contributed by atoms with E-state index < -0.39 is 0 Å². The Balaban J connectivity index is 2.33. The fraction of sp³-hybridized carbons (Fsp3) is 0.455. The minimum Gasteiger partial charge on any atom is -0.508 e. The van der Waals surface area contributed by atoms with Crippen molar-refractivity contribution in [1.82, 2.24) is 0 Å². The molecule has 2 N–H and O–H groups in total. The summed E-state index contributed by atoms with van der Waals surface area (Å²) in [4.78, 5) is 0. The molecule has 0 radical (unpaired) electrons. The third kappa shape index (κ3) is 1.55. The van der Waals surface area contributed by atoms with E-state index in [1.54, 1.807) is 6.07 Å². The highest BCUT2D eigenvalue weighted by Gasteiger charge is 2.19. The summed E-state index contributed by atoms with van der Waals surface area (Å²) in [5, 5.41) is 18.5. The van der Waals surface area contributed by atoms with Gasteiger partial charge in [0.05, 0.1) is 6.61 Å². The van der Waals surface area contributed by atoms with Crippen molar-refractivity contribution >= 4 is 0 Å². The summed E-state index contributed by atoms with van der Waals surface area (Å²) in [6.45, 7) is 1.89. The summed E-state index contributed by atoms with van der Waals surface area (Å²) in [6.07, 6.45) is 1.58. The fourth-order valence-corrected chi connectivity index (χ4v) is 1.70. The van der Waals surface area contributed by atoms with Gasteiger partial charge in [0.15, 0.2) is 0 Å². The Morgan fingerprint density at radius 1 is 1.50 bits per heavy atom. The molecule has 0 saturated heterocycles. The first-order valence-corrected chi connectivity index (χ1v) is 4.80. The summed E-state index contributed by atoms with van der Waals surface area (Å²) < 4.78 is 5.56. The quantitative estimate of drug-likeness (QED) is 0.710. The Hall–Kier alpha value is -1.22. The van der Waals surface area contributed by atoms with Crippen molar-refractivity contribution in [1.29, 1.82) is 0 Å². The van der Waals surface area contributed by atoms with Gasteiger partial charge in [0, 0.05) is 0 Å². The molecule has 1 aliphatic rings. The van der Waals surface area contributed by atoms with E-state index in [1.807, 2.05) is 13.0 Å². The van der Waals surface area contributed by atoms with E-state index in [0.29, 0.717) is 5.75 Å². The second-order valence-electron chi connectivity index (χ2n) is 3.71. The molecule has 14 heavy (non-hydrogen) atoms. The molecule has 1 aromatic rings. The SMILES string of the molecule is Cc1cc2c(cc1O)CCC(CO)O2. The molecule has 0 aliphatic carbocycles. The predicted molar refractivity (Wildman–Crippen MR) is 52.7 cm³/mol. The highest BCUT2D eigenvalue weighted by molar-refractivity contribution is 5.46. The topological polar surface area (TPSA) is 49.7 Å². The lowest BCUT2D eigenvalue weighted by atomic mass is 10.0. The molecule has 1 atom stereocenters. The van der Waals surface area contributed by atoms with Crippen LogP contribution in [-0.4, -0.2) is 22.9 Å². The second kappa shape index (κ2) is 3.50. The van der Waals surface area contributed by atoms with Crippen LogP contribution < -0.4 is 4.74 Å². The van der Waals surface area contributed by atoms with Gasteiger partial charge in [-0.05, 0) is 43.0 Å². The lowest BCUT2D eigenvalue weighted by Crippen LogP contribution is -2.26. The number of aromatic hydroxyl groups is 1. The Labute approximate surface area is 83.0 Å². The van der Waals surface area contributed by atoms with E-state index in [4.69, 9.17) is 9.84 Å². The molecule has 1 unspecified atom stereocenters. The fourth-order valence-electron chi connectivity index (χ4n) is 1.70. The molecule has 2 rings (SSSR count). The highest BCUT2D eigenvalue weighted by Crippen LogP contribution is 2.32. The molecule has 1 heterocycles. The number of hydrogen-bond donors (Lipinski definition) is 2. The van der Waals surface area contributed by atoms with Gasteiger partial charge in [0.2, 0.25) is 0 Å². The molecule has 0 aromatic heterocycles. The van der Waals surface area contributed by atoms with Crippen LogP contribution in [0.3, 0.4) is 0 Å². The van der Waals surface area contributed by atoms with E-state index >= 15 is 0 Å². The van der Waals surface area contributed by atoms with Crippen LogP contribution in [0, 0.1) is 6.92 Å². The minimum atomic E-state index is -0.0913. The Bertz CT molecular complexity index is 347. The number of rotatable bonds is 1. The molecular formula is C11H14O3. The Kier molecular flexibility index (Phi) is 2.33. The number of hydrogen-bond acceptors (Lipinski definition) is 3. The van der Waals surface area contributed by atoms with Crippen LogP contribution in [0.4, 0.5) is 0 Å². The van der Waals surface area contributed by atoms with E-state index in [-0.39, 0.29) is 12.7 Å². The molecule has 0 spiro atoms. The number of aryl methyl sites for hydroxylation is 2. The van der Waals surface area contributed by atoms with Gasteiger partial charge in [-0.15, -0.1) is 0 Å². The van der Waals surface area contributed by atoms with Gasteiger partial charge in [-0.1, -0.05) is 0 Å². The van der Waals surface area contributed by atoms with Crippen molar-refractivity contribution in [2.24, 2.45) is 0 Å². The van der Waals surface area contributed by atoms with Crippen LogP contribution in [0.1, 0.15) is 17.5 Å². The van der Waals surface area contributed by atoms with E-state index in [1.165, 1.54) is 0 Å². The molecule has 0 bridgehead atoms. The summed E-state index contributed by atoms with van der Waals surface area (Å²) in [5.74, 6) is 1.11. The zero-order valence-corrected chi connectivity index (χ0v) is 8.16. The highest BCUT2D eigenvalue weighted by atomic mass is 16.5. The van der Waals surface area contributed by atoms with E-state index in [0.717, 1.165) is 29.7 Å². The lowest BCUT2D eigenvalue weighted by Gasteiger charge is -2.25. The third-order valence-corrected chi connectivity index (χ3v) is 2.61. The van der Waals surface area contributed by atoms with Crippen LogP contribution in [0.2, 0.25) is 0 Å². The number of fused-ring (bicyclic) bond motifs is 1. The van der Waals surface area contributed by atoms with Gasteiger partial charge >= 0.3 is 0 Å². The molecule has 3 heteroatoms. The van der Waals surface area contributed by atoms with Gasteiger partial charge in [-0.2, -0.15) is 0 Å². The van der Waals surface area contributed by atoms with Gasteiger partial charge in [-0.3, -0.25) is 0 Å². The first-order chi connectivity index (χ1) is 6.70. The molecule has 0 saturated carbocycles. The maximum atomic E-state index is 9.49. The number of ether oxygens (including phenoxy) is 1. The van der Waals surface area contributed by atoms with Crippen molar-refractivity contribution < 1.29 is 14.9 Å². The smallest absolute Gasteiger partial charge is 0.123 e. The largest absolute Gasteiger partial charge is 0.508 e. The van der Waals surface area contributed by atoms with Gasteiger partial charge in [0.1, 0.15) is 17.6 Å². The van der Waals surface area contributed by atoms with E-state index in [9.17, 15) is 5.11 Å². The second-order valence-corrected chi connectivity index (χ2v) is 3.71. The van der Waals surface area contributed by atoms with Crippen molar-refractivity contribution in [2.45, 2.75) is 25.9 Å².